The summed E-state index contributed by atoms with van der Waals surface area (Å²) in [6, 6.07) is 4.85. The molecule has 0 atom stereocenters. The Balaban J connectivity index is 1.36. The Morgan fingerprint density at radius 2 is 1.97 bits per heavy atom. The highest BCUT2D eigenvalue weighted by atomic mass is 19.4. The summed E-state index contributed by atoms with van der Waals surface area (Å²) in [6.45, 7) is 1.63. The molecule has 33 heavy (non-hydrogen) atoms. The standard InChI is InChI=1S/C20H22F3N7O3/c1-27-17(24-10-18(27)30(32)33)13-29-12-16(25-26-29)11-28-7-5-19(31,6-8-28)14-3-2-4-15(9-14)20(21,22)23/h2-4,9-10,12,31H,5-8,11,13H2,1H3. The third-order valence-electron chi connectivity index (χ3n) is 5.93. The van der Waals surface area contributed by atoms with E-state index in [4.69, 9.17) is 0 Å². The number of piperidine rings is 1. The zero-order valence-corrected chi connectivity index (χ0v) is 17.7. The van der Waals surface area contributed by atoms with Gasteiger partial charge in [0.15, 0.2) is 0 Å². The molecule has 10 nitrogen and oxygen atoms in total. The van der Waals surface area contributed by atoms with E-state index >= 15 is 0 Å². The van der Waals surface area contributed by atoms with Gasteiger partial charge in [-0.15, -0.1) is 5.10 Å². The lowest BCUT2D eigenvalue weighted by Gasteiger charge is -2.38. The molecule has 1 aliphatic heterocycles. The summed E-state index contributed by atoms with van der Waals surface area (Å²) in [4.78, 5) is 16.5. The van der Waals surface area contributed by atoms with Crippen molar-refractivity contribution in [3.8, 4) is 0 Å². The van der Waals surface area contributed by atoms with Crippen LogP contribution in [0.2, 0.25) is 0 Å². The third-order valence-corrected chi connectivity index (χ3v) is 5.93. The first kappa shape index (κ1) is 22.9. The van der Waals surface area contributed by atoms with Crippen LogP contribution in [0, 0.1) is 10.1 Å². The van der Waals surface area contributed by atoms with Gasteiger partial charge in [0.1, 0.15) is 12.7 Å². The molecule has 3 aromatic rings. The molecule has 1 saturated heterocycles. The molecule has 0 amide bonds. The van der Waals surface area contributed by atoms with Crippen molar-refractivity contribution in [3.05, 3.63) is 69.4 Å². The van der Waals surface area contributed by atoms with Crippen molar-refractivity contribution in [2.24, 2.45) is 7.05 Å². The molecule has 4 rings (SSSR count). The Morgan fingerprint density at radius 3 is 2.61 bits per heavy atom. The van der Waals surface area contributed by atoms with Gasteiger partial charge in [-0.2, -0.15) is 13.2 Å². The van der Waals surface area contributed by atoms with Crippen LogP contribution in [0.1, 0.15) is 35.5 Å². The minimum Gasteiger partial charge on any atom is -0.385 e. The second-order valence-corrected chi connectivity index (χ2v) is 8.14. The minimum atomic E-state index is -4.46. The van der Waals surface area contributed by atoms with E-state index in [9.17, 15) is 28.4 Å². The zero-order valence-electron chi connectivity index (χ0n) is 17.7. The number of likely N-dealkylation sites (tertiary alicyclic amines) is 1. The molecule has 13 heteroatoms. The molecule has 1 fully saturated rings. The van der Waals surface area contributed by atoms with Gasteiger partial charge in [-0.05, 0) is 35.5 Å². The van der Waals surface area contributed by atoms with Crippen molar-refractivity contribution in [1.29, 1.82) is 0 Å². The summed E-state index contributed by atoms with van der Waals surface area (Å²) in [6.07, 6.45) is -0.974. The van der Waals surface area contributed by atoms with Crippen LogP contribution < -0.4 is 0 Å². The zero-order chi connectivity index (χ0) is 23.8. The number of hydrogen-bond donors (Lipinski definition) is 1. The molecule has 1 aromatic carbocycles. The monoisotopic (exact) mass is 465 g/mol. The Labute approximate surface area is 186 Å². The maximum atomic E-state index is 13.0. The van der Waals surface area contributed by atoms with Gasteiger partial charge in [-0.25, -0.2) is 14.2 Å². The molecule has 2 aromatic heterocycles. The van der Waals surface area contributed by atoms with E-state index < -0.39 is 22.3 Å². The van der Waals surface area contributed by atoms with E-state index in [1.165, 1.54) is 27.6 Å². The summed E-state index contributed by atoms with van der Waals surface area (Å²) in [5.41, 5.74) is -1.15. The van der Waals surface area contributed by atoms with Crippen molar-refractivity contribution in [2.45, 2.75) is 37.7 Å². The smallest absolute Gasteiger partial charge is 0.385 e. The number of nitro groups is 1. The highest BCUT2D eigenvalue weighted by Gasteiger charge is 2.37. The van der Waals surface area contributed by atoms with Crippen LogP contribution in [0.15, 0.2) is 36.7 Å². The molecular weight excluding hydrogens is 443 g/mol. The van der Waals surface area contributed by atoms with Gasteiger partial charge in [-0.1, -0.05) is 17.3 Å². The molecule has 0 spiro atoms. The van der Waals surface area contributed by atoms with Crippen molar-refractivity contribution >= 4 is 5.82 Å². The summed E-state index contributed by atoms with van der Waals surface area (Å²) >= 11 is 0. The second-order valence-electron chi connectivity index (χ2n) is 8.14. The van der Waals surface area contributed by atoms with Crippen molar-refractivity contribution < 1.29 is 23.2 Å². The largest absolute Gasteiger partial charge is 0.416 e. The summed E-state index contributed by atoms with van der Waals surface area (Å²) < 4.78 is 42.0. The number of alkyl halides is 3. The van der Waals surface area contributed by atoms with Crippen LogP contribution in [-0.2, 0) is 31.9 Å². The van der Waals surface area contributed by atoms with Gasteiger partial charge in [0, 0.05) is 19.6 Å². The van der Waals surface area contributed by atoms with Crippen LogP contribution in [0.5, 0.6) is 0 Å². The lowest BCUT2D eigenvalue weighted by molar-refractivity contribution is -0.391. The third kappa shape index (κ3) is 4.88. The van der Waals surface area contributed by atoms with Crippen LogP contribution >= 0.6 is 0 Å². The topological polar surface area (TPSA) is 115 Å². The normalized spacial score (nSPS) is 16.8. The number of aromatic nitrogens is 5. The Hall–Kier alpha value is -3.32. The average Bonchev–Trinajstić information content (AvgIpc) is 3.36. The number of nitrogens with zero attached hydrogens (tertiary/aromatic N) is 7. The summed E-state index contributed by atoms with van der Waals surface area (Å²) in [7, 11) is 1.55. The molecule has 0 unspecified atom stereocenters. The molecule has 3 heterocycles. The molecule has 1 N–H and O–H groups in total. The number of hydrogen-bond acceptors (Lipinski definition) is 7. The molecule has 0 aliphatic carbocycles. The predicted octanol–water partition coefficient (Wildman–Crippen LogP) is 2.47. The predicted molar refractivity (Wildman–Crippen MR) is 109 cm³/mol. The van der Waals surface area contributed by atoms with Crippen LogP contribution in [0.4, 0.5) is 19.0 Å². The fourth-order valence-electron chi connectivity index (χ4n) is 3.97. The van der Waals surface area contributed by atoms with E-state index in [0.29, 0.717) is 44.0 Å². The second kappa shape index (κ2) is 8.56. The first-order valence-corrected chi connectivity index (χ1v) is 10.2. The highest BCUT2D eigenvalue weighted by Crippen LogP contribution is 2.37. The molecule has 176 valence electrons. The maximum Gasteiger partial charge on any atom is 0.416 e. The van der Waals surface area contributed by atoms with Crippen molar-refractivity contribution in [3.63, 3.8) is 0 Å². The van der Waals surface area contributed by atoms with Gasteiger partial charge in [0.25, 0.3) is 0 Å². The molecule has 0 bridgehead atoms. The van der Waals surface area contributed by atoms with E-state index in [1.54, 1.807) is 13.2 Å². The van der Waals surface area contributed by atoms with Crippen LogP contribution in [0.3, 0.4) is 0 Å². The Kier molecular flexibility index (Phi) is 5.93. The Bertz CT molecular complexity index is 1150. The van der Waals surface area contributed by atoms with Gasteiger partial charge in [0.05, 0.1) is 30.1 Å². The van der Waals surface area contributed by atoms with E-state index in [1.807, 2.05) is 4.90 Å². The van der Waals surface area contributed by atoms with Crippen molar-refractivity contribution in [2.75, 3.05) is 13.1 Å². The van der Waals surface area contributed by atoms with Gasteiger partial charge in [-0.3, -0.25) is 4.90 Å². The van der Waals surface area contributed by atoms with Gasteiger partial charge < -0.3 is 15.2 Å². The molecular formula is C20H22F3N7O3. The van der Waals surface area contributed by atoms with E-state index in [0.717, 1.165) is 12.1 Å². The number of rotatable bonds is 6. The SMILES string of the molecule is Cn1c([N+](=O)[O-])cnc1Cn1cc(CN2CCC(O)(c3cccc(C(F)(F)F)c3)CC2)nn1. The maximum absolute atomic E-state index is 13.0. The fraction of sp³-hybridized carbons (Fsp3) is 0.450. The van der Waals surface area contributed by atoms with Gasteiger partial charge in [0.2, 0.25) is 5.82 Å². The van der Waals surface area contributed by atoms with Gasteiger partial charge >= 0.3 is 12.0 Å². The van der Waals surface area contributed by atoms with Crippen LogP contribution in [-0.4, -0.2) is 52.6 Å². The molecule has 1 aliphatic rings. The number of halogens is 3. The first-order valence-electron chi connectivity index (χ1n) is 10.2. The van der Waals surface area contributed by atoms with E-state index in [-0.39, 0.29) is 17.9 Å². The number of imidazole rings is 1. The molecule has 0 saturated carbocycles. The Morgan fingerprint density at radius 1 is 1.24 bits per heavy atom. The fourth-order valence-corrected chi connectivity index (χ4v) is 3.97. The lowest BCUT2D eigenvalue weighted by Crippen LogP contribution is -2.42. The molecule has 0 radical (unpaired) electrons. The summed E-state index contributed by atoms with van der Waals surface area (Å²) in [5, 5.41) is 30.1. The number of benzene rings is 1. The number of aliphatic hydroxyl groups is 1. The summed E-state index contributed by atoms with van der Waals surface area (Å²) in [5.74, 6) is 0.342. The quantitative estimate of drug-likeness (QED) is 0.439. The first-order chi connectivity index (χ1) is 15.5. The van der Waals surface area contributed by atoms with E-state index in [2.05, 4.69) is 15.3 Å². The lowest BCUT2D eigenvalue weighted by atomic mass is 9.83. The average molecular weight is 465 g/mol. The van der Waals surface area contributed by atoms with Crippen LogP contribution in [0.25, 0.3) is 0 Å². The highest BCUT2D eigenvalue weighted by molar-refractivity contribution is 5.30. The minimum absolute atomic E-state index is 0.119. The van der Waals surface area contributed by atoms with Crippen molar-refractivity contribution in [1.82, 2.24) is 29.4 Å².